The van der Waals surface area contributed by atoms with Gasteiger partial charge >= 0.3 is 0 Å². The van der Waals surface area contributed by atoms with Gasteiger partial charge in [-0.1, -0.05) is 13.3 Å². The molecule has 0 bridgehead atoms. The molecule has 1 aliphatic heterocycles. The van der Waals surface area contributed by atoms with Gasteiger partial charge < -0.3 is 10.4 Å². The predicted octanol–water partition coefficient (Wildman–Crippen LogP) is 2.89. The molecule has 112 valence electrons. The highest BCUT2D eigenvalue weighted by molar-refractivity contribution is 5.28. The normalized spacial score (nSPS) is 19.4. The van der Waals surface area contributed by atoms with Crippen molar-refractivity contribution in [3.8, 4) is 5.75 Å². The molecule has 0 radical (unpaired) electrons. The molecule has 3 nitrogen and oxygen atoms in total. The molecule has 1 aromatic rings. The van der Waals surface area contributed by atoms with Crippen molar-refractivity contribution >= 4 is 0 Å². The fourth-order valence-corrected chi connectivity index (χ4v) is 2.93. The number of phenolic OH excluding ortho intramolecular Hbond substituents is 1. The van der Waals surface area contributed by atoms with Crippen molar-refractivity contribution < 1.29 is 9.50 Å². The fourth-order valence-electron chi connectivity index (χ4n) is 2.93. The monoisotopic (exact) mass is 280 g/mol. The third-order valence-electron chi connectivity index (χ3n) is 3.78. The van der Waals surface area contributed by atoms with Gasteiger partial charge in [0.15, 0.2) is 0 Å². The van der Waals surface area contributed by atoms with Gasteiger partial charge in [-0.3, -0.25) is 4.90 Å². The first kappa shape index (κ1) is 15.3. The number of phenols is 1. The number of hydrogen-bond acceptors (Lipinski definition) is 3. The van der Waals surface area contributed by atoms with Crippen LogP contribution in [0.1, 0.15) is 38.2 Å². The maximum absolute atomic E-state index is 13.3. The third kappa shape index (κ3) is 4.76. The number of rotatable bonds is 6. The first-order valence-corrected chi connectivity index (χ1v) is 7.61. The van der Waals surface area contributed by atoms with Gasteiger partial charge in [0.05, 0.1) is 0 Å². The van der Waals surface area contributed by atoms with Gasteiger partial charge in [0.1, 0.15) is 11.6 Å². The quantitative estimate of drug-likeness (QED) is 0.841. The van der Waals surface area contributed by atoms with Crippen LogP contribution in [-0.4, -0.2) is 35.7 Å². The lowest BCUT2D eigenvalue weighted by Gasteiger charge is -2.30. The van der Waals surface area contributed by atoms with E-state index in [1.54, 1.807) is 6.07 Å². The highest BCUT2D eigenvalue weighted by atomic mass is 19.1. The summed E-state index contributed by atoms with van der Waals surface area (Å²) in [6, 6.07) is 4.85. The van der Waals surface area contributed by atoms with Crippen molar-refractivity contribution in [2.24, 2.45) is 0 Å². The Hall–Kier alpha value is -1.13. The Labute approximate surface area is 120 Å². The van der Waals surface area contributed by atoms with Crippen molar-refractivity contribution in [1.29, 1.82) is 0 Å². The lowest BCUT2D eigenvalue weighted by atomic mass is 10.0. The van der Waals surface area contributed by atoms with Crippen LogP contribution in [0.25, 0.3) is 0 Å². The summed E-state index contributed by atoms with van der Waals surface area (Å²) in [5.41, 5.74) is 0.840. The summed E-state index contributed by atoms with van der Waals surface area (Å²) in [6.07, 6.45) is 4.85. The Morgan fingerprint density at radius 2 is 2.20 bits per heavy atom. The molecule has 1 aromatic carbocycles. The molecular weight excluding hydrogens is 255 g/mol. The van der Waals surface area contributed by atoms with E-state index in [1.807, 2.05) is 0 Å². The molecule has 0 amide bonds. The largest absolute Gasteiger partial charge is 0.508 e. The summed E-state index contributed by atoms with van der Waals surface area (Å²) in [4.78, 5) is 2.34. The van der Waals surface area contributed by atoms with E-state index < -0.39 is 0 Å². The summed E-state index contributed by atoms with van der Waals surface area (Å²) >= 11 is 0. The average Bonchev–Trinajstić information content (AvgIpc) is 2.39. The Morgan fingerprint density at radius 1 is 1.35 bits per heavy atom. The average molecular weight is 280 g/mol. The van der Waals surface area contributed by atoms with Gasteiger partial charge in [0, 0.05) is 25.2 Å². The molecule has 2 rings (SSSR count). The van der Waals surface area contributed by atoms with Crippen LogP contribution in [0.4, 0.5) is 4.39 Å². The van der Waals surface area contributed by atoms with E-state index in [4.69, 9.17) is 0 Å². The number of halogens is 1. The minimum atomic E-state index is -0.368. The molecular formula is C16H25FN2O. The number of nitrogens with one attached hydrogen (secondary N) is 1. The van der Waals surface area contributed by atoms with E-state index >= 15 is 0 Å². The topological polar surface area (TPSA) is 35.5 Å². The highest BCUT2D eigenvalue weighted by Gasteiger charge is 2.16. The second kappa shape index (κ2) is 7.60. The van der Waals surface area contributed by atoms with Crippen LogP contribution in [-0.2, 0) is 6.54 Å². The molecule has 1 saturated heterocycles. The maximum atomic E-state index is 13.3. The number of benzene rings is 1. The van der Waals surface area contributed by atoms with Gasteiger partial charge in [-0.15, -0.1) is 0 Å². The SMILES string of the molecule is CCCN(Cc1cc(O)cc(F)c1)CC1CCCCN1. The first-order chi connectivity index (χ1) is 9.67. The van der Waals surface area contributed by atoms with Gasteiger partial charge in [-0.25, -0.2) is 4.39 Å². The summed E-state index contributed by atoms with van der Waals surface area (Å²) < 4.78 is 13.3. The van der Waals surface area contributed by atoms with Crippen LogP contribution < -0.4 is 5.32 Å². The molecule has 2 N–H and O–H groups in total. The van der Waals surface area contributed by atoms with Crippen LogP contribution in [0.2, 0.25) is 0 Å². The first-order valence-electron chi connectivity index (χ1n) is 7.61. The molecule has 0 aliphatic carbocycles. The zero-order valence-corrected chi connectivity index (χ0v) is 12.2. The smallest absolute Gasteiger partial charge is 0.127 e. The van der Waals surface area contributed by atoms with E-state index in [1.165, 1.54) is 25.3 Å². The van der Waals surface area contributed by atoms with Crippen molar-refractivity contribution in [1.82, 2.24) is 10.2 Å². The number of hydrogen-bond donors (Lipinski definition) is 2. The molecule has 1 aliphatic rings. The summed E-state index contributed by atoms with van der Waals surface area (Å²) in [7, 11) is 0. The van der Waals surface area contributed by atoms with Gasteiger partial charge in [0.2, 0.25) is 0 Å². The molecule has 1 unspecified atom stereocenters. The Morgan fingerprint density at radius 3 is 2.85 bits per heavy atom. The molecule has 1 heterocycles. The van der Waals surface area contributed by atoms with Crippen molar-refractivity contribution in [2.45, 2.75) is 45.2 Å². The van der Waals surface area contributed by atoms with E-state index in [-0.39, 0.29) is 11.6 Å². The summed E-state index contributed by atoms with van der Waals surface area (Å²) in [6.45, 7) is 5.94. The second-order valence-electron chi connectivity index (χ2n) is 5.70. The Kier molecular flexibility index (Phi) is 5.80. The molecule has 1 fully saturated rings. The van der Waals surface area contributed by atoms with E-state index in [9.17, 15) is 9.50 Å². The predicted molar refractivity (Wildman–Crippen MR) is 79.3 cm³/mol. The van der Waals surface area contributed by atoms with Crippen LogP contribution in [0.3, 0.4) is 0 Å². The Balaban J connectivity index is 1.96. The molecule has 0 saturated carbocycles. The minimum Gasteiger partial charge on any atom is -0.508 e. The number of aromatic hydroxyl groups is 1. The van der Waals surface area contributed by atoms with Crippen LogP contribution in [0, 0.1) is 5.82 Å². The van der Waals surface area contributed by atoms with Crippen molar-refractivity contribution in [3.05, 3.63) is 29.6 Å². The Bertz CT molecular complexity index is 399. The fraction of sp³-hybridized carbons (Fsp3) is 0.625. The van der Waals surface area contributed by atoms with Gasteiger partial charge in [0.25, 0.3) is 0 Å². The van der Waals surface area contributed by atoms with Crippen LogP contribution >= 0.6 is 0 Å². The summed E-state index contributed by atoms with van der Waals surface area (Å²) in [5, 5.41) is 13.0. The molecule has 20 heavy (non-hydrogen) atoms. The zero-order valence-electron chi connectivity index (χ0n) is 12.2. The number of nitrogens with zero attached hydrogens (tertiary/aromatic N) is 1. The molecule has 0 spiro atoms. The third-order valence-corrected chi connectivity index (χ3v) is 3.78. The number of piperidine rings is 1. The van der Waals surface area contributed by atoms with E-state index in [0.717, 1.165) is 37.7 Å². The lowest BCUT2D eigenvalue weighted by Crippen LogP contribution is -2.43. The van der Waals surface area contributed by atoms with E-state index in [2.05, 4.69) is 17.1 Å². The van der Waals surface area contributed by atoms with E-state index in [0.29, 0.717) is 12.6 Å². The van der Waals surface area contributed by atoms with Crippen molar-refractivity contribution in [3.63, 3.8) is 0 Å². The standard InChI is InChI=1S/C16H25FN2O/c1-2-7-19(12-15-5-3-4-6-18-15)11-13-8-14(17)10-16(20)9-13/h8-10,15,18,20H,2-7,11-12H2,1H3. The minimum absolute atomic E-state index is 0.00670. The zero-order chi connectivity index (χ0) is 14.4. The van der Waals surface area contributed by atoms with Crippen LogP contribution in [0.5, 0.6) is 5.75 Å². The molecule has 1 atom stereocenters. The van der Waals surface area contributed by atoms with Gasteiger partial charge in [-0.05, 0) is 50.0 Å². The highest BCUT2D eigenvalue weighted by Crippen LogP contribution is 2.17. The summed E-state index contributed by atoms with van der Waals surface area (Å²) in [5.74, 6) is -0.362. The van der Waals surface area contributed by atoms with Crippen LogP contribution in [0.15, 0.2) is 18.2 Å². The maximum Gasteiger partial charge on any atom is 0.127 e. The molecule has 0 aromatic heterocycles. The van der Waals surface area contributed by atoms with Gasteiger partial charge in [-0.2, -0.15) is 0 Å². The molecule has 4 heteroatoms. The lowest BCUT2D eigenvalue weighted by molar-refractivity contribution is 0.217. The van der Waals surface area contributed by atoms with Crippen molar-refractivity contribution in [2.75, 3.05) is 19.6 Å². The second-order valence-corrected chi connectivity index (χ2v) is 5.70.